The first-order valence-electron chi connectivity index (χ1n) is 5.51. The molecule has 1 atom stereocenters. The van der Waals surface area contributed by atoms with Crippen LogP contribution in [0.4, 0.5) is 0 Å². The van der Waals surface area contributed by atoms with Crippen molar-refractivity contribution in [3.8, 4) is 0 Å². The van der Waals surface area contributed by atoms with Crippen LogP contribution in [-0.4, -0.2) is 42.8 Å². The van der Waals surface area contributed by atoms with Crippen LogP contribution in [0.1, 0.15) is 18.2 Å². The van der Waals surface area contributed by atoms with E-state index in [0.29, 0.717) is 0 Å². The number of piperazine rings is 1. The monoisotopic (exact) mass is 210 g/mol. The van der Waals surface area contributed by atoms with E-state index in [1.807, 2.05) is 12.1 Å². The first-order valence-corrected chi connectivity index (χ1v) is 5.51. The summed E-state index contributed by atoms with van der Waals surface area (Å²) in [7, 11) is 0. The molecule has 0 aromatic carbocycles. The van der Waals surface area contributed by atoms with Crippen molar-refractivity contribution in [2.75, 3.05) is 32.8 Å². The number of furan rings is 1. The lowest BCUT2D eigenvalue weighted by molar-refractivity contribution is 0.125. The zero-order valence-corrected chi connectivity index (χ0v) is 8.85. The third-order valence-electron chi connectivity index (χ3n) is 2.87. The lowest BCUT2D eigenvalue weighted by Gasteiger charge is -2.33. The molecule has 1 aliphatic rings. The number of rotatable bonds is 4. The molecule has 2 rings (SSSR count). The van der Waals surface area contributed by atoms with E-state index < -0.39 is 0 Å². The van der Waals surface area contributed by atoms with E-state index in [4.69, 9.17) is 9.52 Å². The van der Waals surface area contributed by atoms with Crippen molar-refractivity contribution in [3.63, 3.8) is 0 Å². The molecule has 0 bridgehead atoms. The van der Waals surface area contributed by atoms with Gasteiger partial charge in [-0.2, -0.15) is 0 Å². The molecule has 1 fully saturated rings. The van der Waals surface area contributed by atoms with E-state index in [1.165, 1.54) is 0 Å². The van der Waals surface area contributed by atoms with Crippen LogP contribution in [-0.2, 0) is 0 Å². The van der Waals surface area contributed by atoms with Crippen molar-refractivity contribution in [2.45, 2.75) is 12.5 Å². The van der Waals surface area contributed by atoms with Crippen LogP contribution in [0.25, 0.3) is 0 Å². The quantitative estimate of drug-likeness (QED) is 0.764. The second-order valence-corrected chi connectivity index (χ2v) is 3.83. The highest BCUT2D eigenvalue weighted by molar-refractivity contribution is 5.05. The summed E-state index contributed by atoms with van der Waals surface area (Å²) in [5.74, 6) is 0.964. The van der Waals surface area contributed by atoms with Crippen LogP contribution in [0, 0.1) is 0 Å². The van der Waals surface area contributed by atoms with E-state index >= 15 is 0 Å². The van der Waals surface area contributed by atoms with Crippen LogP contribution in [0.3, 0.4) is 0 Å². The van der Waals surface area contributed by atoms with Gasteiger partial charge in [0.15, 0.2) is 0 Å². The van der Waals surface area contributed by atoms with Crippen LogP contribution in [0.2, 0.25) is 0 Å². The summed E-state index contributed by atoms with van der Waals surface area (Å²) in [6.07, 6.45) is 2.44. The first-order chi connectivity index (χ1) is 7.42. The molecule has 4 nitrogen and oxygen atoms in total. The Kier molecular flexibility index (Phi) is 3.77. The van der Waals surface area contributed by atoms with Crippen molar-refractivity contribution in [3.05, 3.63) is 24.2 Å². The van der Waals surface area contributed by atoms with Crippen LogP contribution >= 0.6 is 0 Å². The Hall–Kier alpha value is -0.840. The highest BCUT2D eigenvalue weighted by atomic mass is 16.3. The molecule has 4 heteroatoms. The predicted molar refractivity (Wildman–Crippen MR) is 57.6 cm³/mol. The van der Waals surface area contributed by atoms with Crippen LogP contribution < -0.4 is 5.32 Å². The fourth-order valence-electron chi connectivity index (χ4n) is 2.10. The summed E-state index contributed by atoms with van der Waals surface area (Å²) in [6, 6.07) is 4.12. The molecule has 1 unspecified atom stereocenters. The van der Waals surface area contributed by atoms with Gasteiger partial charge < -0.3 is 14.8 Å². The third kappa shape index (κ3) is 2.59. The van der Waals surface area contributed by atoms with Crippen molar-refractivity contribution in [1.82, 2.24) is 10.2 Å². The molecule has 84 valence electrons. The third-order valence-corrected chi connectivity index (χ3v) is 2.87. The molecule has 1 aliphatic heterocycles. The summed E-state index contributed by atoms with van der Waals surface area (Å²) < 4.78 is 5.43. The lowest BCUT2D eigenvalue weighted by Crippen LogP contribution is -2.45. The van der Waals surface area contributed by atoms with Gasteiger partial charge in [-0.1, -0.05) is 0 Å². The fourth-order valence-corrected chi connectivity index (χ4v) is 2.10. The van der Waals surface area contributed by atoms with E-state index in [-0.39, 0.29) is 12.6 Å². The standard InChI is InChI=1S/C11H18N2O2/c14-8-3-10(11-2-1-9-15-11)13-6-4-12-5-7-13/h1-2,9-10,12,14H,3-8H2. The minimum Gasteiger partial charge on any atom is -0.468 e. The Bertz CT molecular complexity index is 268. The second kappa shape index (κ2) is 5.30. The maximum atomic E-state index is 9.08. The van der Waals surface area contributed by atoms with Gasteiger partial charge in [0.25, 0.3) is 0 Å². The number of hydrogen-bond acceptors (Lipinski definition) is 4. The summed E-state index contributed by atoms with van der Waals surface area (Å²) in [4.78, 5) is 2.37. The van der Waals surface area contributed by atoms with Gasteiger partial charge in [-0.15, -0.1) is 0 Å². The minimum absolute atomic E-state index is 0.204. The molecule has 2 N–H and O–H groups in total. The van der Waals surface area contributed by atoms with Gasteiger partial charge in [-0.3, -0.25) is 4.90 Å². The normalized spacial score (nSPS) is 20.3. The van der Waals surface area contributed by atoms with Gasteiger partial charge >= 0.3 is 0 Å². The molecule has 0 amide bonds. The number of aliphatic hydroxyl groups is 1. The largest absolute Gasteiger partial charge is 0.468 e. The first kappa shape index (κ1) is 10.7. The second-order valence-electron chi connectivity index (χ2n) is 3.83. The summed E-state index contributed by atoms with van der Waals surface area (Å²) in [6.45, 7) is 4.28. The molecular formula is C11H18N2O2. The summed E-state index contributed by atoms with van der Waals surface area (Å²) in [5, 5.41) is 12.4. The van der Waals surface area contributed by atoms with Gasteiger partial charge in [-0.05, 0) is 18.6 Å². The van der Waals surface area contributed by atoms with Crippen molar-refractivity contribution in [1.29, 1.82) is 0 Å². The molecule has 2 heterocycles. The number of aliphatic hydroxyl groups excluding tert-OH is 1. The molecule has 0 aliphatic carbocycles. The topological polar surface area (TPSA) is 48.6 Å². The Morgan fingerprint density at radius 2 is 2.27 bits per heavy atom. The van der Waals surface area contributed by atoms with Crippen LogP contribution in [0.5, 0.6) is 0 Å². The maximum Gasteiger partial charge on any atom is 0.120 e. The fraction of sp³-hybridized carbons (Fsp3) is 0.636. The molecular weight excluding hydrogens is 192 g/mol. The number of nitrogens with one attached hydrogen (secondary N) is 1. The summed E-state index contributed by atoms with van der Waals surface area (Å²) >= 11 is 0. The van der Waals surface area contributed by atoms with Gasteiger partial charge in [0, 0.05) is 32.8 Å². The molecule has 1 aromatic heterocycles. The lowest BCUT2D eigenvalue weighted by atomic mass is 10.1. The Labute approximate surface area is 89.9 Å². The Morgan fingerprint density at radius 3 is 2.87 bits per heavy atom. The van der Waals surface area contributed by atoms with Gasteiger partial charge in [0.05, 0.1) is 12.3 Å². The maximum absolute atomic E-state index is 9.08. The zero-order valence-electron chi connectivity index (χ0n) is 8.85. The molecule has 0 spiro atoms. The Balaban J connectivity index is 2.04. The van der Waals surface area contributed by atoms with Crippen molar-refractivity contribution >= 4 is 0 Å². The van der Waals surface area contributed by atoms with E-state index in [2.05, 4.69) is 10.2 Å². The van der Waals surface area contributed by atoms with E-state index in [0.717, 1.165) is 38.4 Å². The average molecular weight is 210 g/mol. The molecule has 1 saturated heterocycles. The SMILES string of the molecule is OCCC(c1ccco1)N1CCNCC1. The molecule has 0 radical (unpaired) electrons. The van der Waals surface area contributed by atoms with Gasteiger partial charge in [0.2, 0.25) is 0 Å². The minimum atomic E-state index is 0.204. The molecule has 15 heavy (non-hydrogen) atoms. The number of hydrogen-bond donors (Lipinski definition) is 2. The number of nitrogens with zero attached hydrogens (tertiary/aromatic N) is 1. The smallest absolute Gasteiger partial charge is 0.120 e. The van der Waals surface area contributed by atoms with Gasteiger partial charge in [-0.25, -0.2) is 0 Å². The highest BCUT2D eigenvalue weighted by Crippen LogP contribution is 2.24. The zero-order chi connectivity index (χ0) is 10.5. The van der Waals surface area contributed by atoms with E-state index in [1.54, 1.807) is 6.26 Å². The average Bonchev–Trinajstić information content (AvgIpc) is 2.80. The molecule has 1 aromatic rings. The summed E-state index contributed by atoms with van der Waals surface area (Å²) in [5.41, 5.74) is 0. The predicted octanol–water partition coefficient (Wildman–Crippen LogP) is 0.608. The van der Waals surface area contributed by atoms with Crippen molar-refractivity contribution < 1.29 is 9.52 Å². The van der Waals surface area contributed by atoms with Crippen molar-refractivity contribution in [2.24, 2.45) is 0 Å². The highest BCUT2D eigenvalue weighted by Gasteiger charge is 2.23. The Morgan fingerprint density at radius 1 is 1.47 bits per heavy atom. The van der Waals surface area contributed by atoms with E-state index in [9.17, 15) is 0 Å². The van der Waals surface area contributed by atoms with Gasteiger partial charge in [0.1, 0.15) is 5.76 Å². The molecule has 0 saturated carbocycles. The van der Waals surface area contributed by atoms with Crippen LogP contribution in [0.15, 0.2) is 22.8 Å².